The van der Waals surface area contributed by atoms with Gasteiger partial charge in [-0.3, -0.25) is 4.90 Å². The van der Waals surface area contributed by atoms with Gasteiger partial charge >= 0.3 is 6.09 Å². The number of carboxylic acid groups (broad SMARTS) is 1. The second-order valence-electron chi connectivity index (χ2n) is 11.5. The van der Waals surface area contributed by atoms with Crippen LogP contribution in [-0.2, 0) is 21.2 Å². The number of aliphatic hydroxyl groups excluding tert-OH is 1. The zero-order valence-electron chi connectivity index (χ0n) is 24.2. The molecule has 1 amide bonds. The number of carbonyl (C=O) groups is 1. The number of hydrogen-bond donors (Lipinski definition) is 3. The Labute approximate surface area is 248 Å². The highest BCUT2D eigenvalue weighted by Gasteiger charge is 2.58. The molecule has 2 fully saturated rings. The Hall–Kier alpha value is -3.17. The molecule has 2 aliphatic rings. The van der Waals surface area contributed by atoms with Gasteiger partial charge in [0.2, 0.25) is 10.0 Å². The summed E-state index contributed by atoms with van der Waals surface area (Å²) in [5.74, 6) is 0.497. The maximum Gasteiger partial charge on any atom is 0.407 e. The van der Waals surface area contributed by atoms with E-state index in [9.17, 15) is 28.7 Å². The molecular weight excluding hydrogens is 558 g/mol. The lowest BCUT2D eigenvalue weighted by Gasteiger charge is -2.53. The van der Waals surface area contributed by atoms with Crippen LogP contribution in [0.3, 0.4) is 0 Å². The molecule has 2 aromatic carbocycles. The van der Waals surface area contributed by atoms with Gasteiger partial charge in [0, 0.05) is 13.0 Å². The van der Waals surface area contributed by atoms with Crippen LogP contribution in [0.2, 0.25) is 0 Å². The van der Waals surface area contributed by atoms with Crippen LogP contribution in [0.25, 0.3) is 0 Å². The Morgan fingerprint density at radius 3 is 2.43 bits per heavy atom. The lowest BCUT2D eigenvalue weighted by Crippen LogP contribution is -2.70. The Morgan fingerprint density at radius 2 is 1.88 bits per heavy atom. The lowest BCUT2D eigenvalue weighted by molar-refractivity contribution is -0.0644. The fourth-order valence-electron chi connectivity index (χ4n) is 6.86. The standard InChI is InChI=1S/C31H41N3O7S/c1-30(31(18-8-19-32)16-6-7-17-31,33-42(38,39)26-13-11-25(40-2)12-14-26)28(35)27(21-23-9-4-3-5-10-23)34(29(36)37)24-15-20-41-22-24/h3-5,9-14,24,27-28,33,35H,6-8,15-18,20-22H2,1-2H3,(H,36,37)/t24?,27-,28+,30+/m0/s1. The molecule has 0 aromatic heterocycles. The first-order chi connectivity index (χ1) is 20.1. The third-order valence-electron chi connectivity index (χ3n) is 9.21. The number of sulfonamides is 1. The molecule has 4 rings (SSSR count). The van der Waals surface area contributed by atoms with Crippen LogP contribution in [0.1, 0.15) is 57.4 Å². The molecule has 3 N–H and O–H groups in total. The largest absolute Gasteiger partial charge is 0.497 e. The van der Waals surface area contributed by atoms with Gasteiger partial charge in [-0.2, -0.15) is 5.26 Å². The summed E-state index contributed by atoms with van der Waals surface area (Å²) >= 11 is 0. The minimum Gasteiger partial charge on any atom is -0.497 e. The Kier molecular flexibility index (Phi) is 10.1. The third-order valence-corrected chi connectivity index (χ3v) is 10.8. The molecule has 1 unspecified atom stereocenters. The van der Waals surface area contributed by atoms with E-state index in [0.717, 1.165) is 18.4 Å². The molecule has 11 heteroatoms. The molecule has 10 nitrogen and oxygen atoms in total. The first kappa shape index (κ1) is 31.8. The Bertz CT molecular complexity index is 1330. The van der Waals surface area contributed by atoms with Crippen LogP contribution < -0.4 is 9.46 Å². The van der Waals surface area contributed by atoms with Crippen molar-refractivity contribution >= 4 is 16.1 Å². The number of rotatable bonds is 13. The summed E-state index contributed by atoms with van der Waals surface area (Å²) in [5, 5.41) is 32.6. The van der Waals surface area contributed by atoms with Gasteiger partial charge in [0.25, 0.3) is 0 Å². The highest BCUT2D eigenvalue weighted by Crippen LogP contribution is 2.52. The average molecular weight is 600 g/mol. The number of aliphatic hydroxyl groups is 1. The molecule has 0 spiro atoms. The van der Waals surface area contributed by atoms with E-state index in [4.69, 9.17) is 9.47 Å². The predicted molar refractivity (Wildman–Crippen MR) is 156 cm³/mol. The number of nitrogens with one attached hydrogen (secondary N) is 1. The molecule has 2 aromatic rings. The molecule has 1 saturated heterocycles. The summed E-state index contributed by atoms with van der Waals surface area (Å²) in [4.78, 5) is 14.1. The van der Waals surface area contributed by atoms with E-state index in [0.29, 0.717) is 38.0 Å². The molecule has 0 radical (unpaired) electrons. The molecule has 42 heavy (non-hydrogen) atoms. The fraction of sp³-hybridized carbons (Fsp3) is 0.548. The molecule has 228 valence electrons. The summed E-state index contributed by atoms with van der Waals surface area (Å²) in [5.41, 5.74) is -1.50. The van der Waals surface area contributed by atoms with Crippen molar-refractivity contribution < 1.29 is 32.9 Å². The average Bonchev–Trinajstić information content (AvgIpc) is 3.69. The number of amides is 1. The van der Waals surface area contributed by atoms with Crippen LogP contribution in [0.5, 0.6) is 5.75 Å². The second kappa shape index (κ2) is 13.4. The third kappa shape index (κ3) is 6.57. The maximum absolute atomic E-state index is 14.0. The Balaban J connectivity index is 1.85. The highest BCUT2D eigenvalue weighted by molar-refractivity contribution is 7.89. The predicted octanol–water partition coefficient (Wildman–Crippen LogP) is 4.34. The topological polar surface area (TPSA) is 149 Å². The van der Waals surface area contributed by atoms with E-state index < -0.39 is 45.3 Å². The van der Waals surface area contributed by atoms with Crippen LogP contribution in [0.15, 0.2) is 59.5 Å². The molecule has 1 aliphatic carbocycles. The number of nitriles is 1. The van der Waals surface area contributed by atoms with Crippen molar-refractivity contribution in [2.75, 3.05) is 20.3 Å². The zero-order chi connectivity index (χ0) is 30.4. The van der Waals surface area contributed by atoms with Gasteiger partial charge in [-0.05, 0) is 74.3 Å². The van der Waals surface area contributed by atoms with E-state index in [1.165, 1.54) is 24.1 Å². The van der Waals surface area contributed by atoms with Crippen molar-refractivity contribution in [1.82, 2.24) is 9.62 Å². The molecule has 1 heterocycles. The van der Waals surface area contributed by atoms with Crippen LogP contribution in [0.4, 0.5) is 4.79 Å². The molecule has 1 saturated carbocycles. The van der Waals surface area contributed by atoms with Crippen LogP contribution in [-0.4, -0.2) is 73.7 Å². The smallest absolute Gasteiger partial charge is 0.407 e. The van der Waals surface area contributed by atoms with Gasteiger partial charge in [-0.1, -0.05) is 43.2 Å². The molecule has 4 atom stereocenters. The summed E-state index contributed by atoms with van der Waals surface area (Å²) in [6.07, 6.45) is 1.30. The number of hydrogen-bond acceptors (Lipinski definition) is 7. The monoisotopic (exact) mass is 599 g/mol. The number of methoxy groups -OCH3 is 1. The second-order valence-corrected chi connectivity index (χ2v) is 13.2. The van der Waals surface area contributed by atoms with Crippen molar-refractivity contribution in [2.24, 2.45) is 5.41 Å². The minimum absolute atomic E-state index is 0.00551. The first-order valence-corrected chi connectivity index (χ1v) is 15.9. The van der Waals surface area contributed by atoms with Crippen molar-refractivity contribution in [3.8, 4) is 11.8 Å². The highest BCUT2D eigenvalue weighted by atomic mass is 32.2. The van der Waals surface area contributed by atoms with E-state index >= 15 is 0 Å². The van der Waals surface area contributed by atoms with Crippen molar-refractivity contribution in [3.63, 3.8) is 0 Å². The Morgan fingerprint density at radius 1 is 1.21 bits per heavy atom. The lowest BCUT2D eigenvalue weighted by atomic mass is 9.62. The van der Waals surface area contributed by atoms with Gasteiger partial charge < -0.3 is 19.7 Å². The maximum atomic E-state index is 14.0. The van der Waals surface area contributed by atoms with Crippen molar-refractivity contribution in [2.45, 2.75) is 86.9 Å². The summed E-state index contributed by atoms with van der Waals surface area (Å²) in [6, 6.07) is 16.0. The summed E-state index contributed by atoms with van der Waals surface area (Å²) < 4.78 is 41.6. The summed E-state index contributed by atoms with van der Waals surface area (Å²) in [6.45, 7) is 2.28. The van der Waals surface area contributed by atoms with Crippen molar-refractivity contribution in [1.29, 1.82) is 5.26 Å². The van der Waals surface area contributed by atoms with Gasteiger partial charge in [-0.15, -0.1) is 0 Å². The SMILES string of the molecule is COc1ccc(S(=O)(=O)N[C@](C)([C@H](O)[C@H](Cc2ccccc2)N(C(=O)O)C2CCOC2)C2(CCC#N)CCCC2)cc1. The molecular formula is C31H41N3O7S. The van der Waals surface area contributed by atoms with Gasteiger partial charge in [0.05, 0.1) is 48.4 Å². The summed E-state index contributed by atoms with van der Waals surface area (Å²) in [7, 11) is -2.71. The first-order valence-electron chi connectivity index (χ1n) is 14.4. The van der Waals surface area contributed by atoms with Gasteiger partial charge in [0.15, 0.2) is 0 Å². The number of benzene rings is 2. The van der Waals surface area contributed by atoms with E-state index in [-0.39, 0.29) is 24.3 Å². The van der Waals surface area contributed by atoms with Crippen molar-refractivity contribution in [3.05, 3.63) is 60.2 Å². The van der Waals surface area contributed by atoms with Crippen LogP contribution in [0, 0.1) is 16.7 Å². The normalized spacial score (nSPS) is 21.1. The fourth-order valence-corrected chi connectivity index (χ4v) is 8.37. The van der Waals surface area contributed by atoms with E-state index in [1.807, 2.05) is 30.3 Å². The van der Waals surface area contributed by atoms with E-state index in [2.05, 4.69) is 10.8 Å². The number of ether oxygens (including phenoxy) is 2. The molecule has 1 aliphatic heterocycles. The molecule has 0 bridgehead atoms. The number of nitrogens with zero attached hydrogens (tertiary/aromatic N) is 2. The van der Waals surface area contributed by atoms with Crippen LogP contribution >= 0.6 is 0 Å². The zero-order valence-corrected chi connectivity index (χ0v) is 25.1. The minimum atomic E-state index is -4.20. The quantitative estimate of drug-likeness (QED) is 0.308. The van der Waals surface area contributed by atoms with Gasteiger partial charge in [-0.25, -0.2) is 17.9 Å². The van der Waals surface area contributed by atoms with Gasteiger partial charge in [0.1, 0.15) is 5.75 Å². The van der Waals surface area contributed by atoms with E-state index in [1.54, 1.807) is 19.1 Å².